The van der Waals surface area contributed by atoms with Crippen molar-refractivity contribution in [1.29, 1.82) is 0 Å². The maximum atomic E-state index is 13.1. The lowest BCUT2D eigenvalue weighted by atomic mass is 9.97. The molecule has 0 bridgehead atoms. The van der Waals surface area contributed by atoms with Gasteiger partial charge in [0.2, 0.25) is 0 Å². The number of aromatic nitrogens is 2. The van der Waals surface area contributed by atoms with Gasteiger partial charge in [0.25, 0.3) is 16.4 Å². The van der Waals surface area contributed by atoms with Crippen LogP contribution in [0.5, 0.6) is 0 Å². The van der Waals surface area contributed by atoms with Crippen molar-refractivity contribution in [3.05, 3.63) is 39.7 Å². The number of alkyl halides is 2. The number of aromatic amines is 1. The first kappa shape index (κ1) is 19.8. The zero-order chi connectivity index (χ0) is 19.8. The molecule has 26 heavy (non-hydrogen) atoms. The van der Waals surface area contributed by atoms with E-state index in [1.165, 1.54) is 13.8 Å². The zero-order valence-electron chi connectivity index (χ0n) is 14.6. The molecule has 7 nitrogen and oxygen atoms in total. The SMILES string of the molecule is Cc1cc(C)c(S(=O)(=O)Nc2c(C(F)F)n[nH]c2C)c(C)c1CC(=O)O. The lowest BCUT2D eigenvalue weighted by molar-refractivity contribution is -0.136. The van der Waals surface area contributed by atoms with Crippen LogP contribution in [0.1, 0.15) is 40.1 Å². The van der Waals surface area contributed by atoms with Gasteiger partial charge in [-0.1, -0.05) is 6.07 Å². The highest BCUT2D eigenvalue weighted by Gasteiger charge is 2.28. The van der Waals surface area contributed by atoms with Gasteiger partial charge < -0.3 is 5.11 Å². The van der Waals surface area contributed by atoms with Crippen molar-refractivity contribution in [2.75, 3.05) is 4.72 Å². The molecule has 2 aromatic rings. The number of carboxylic acids is 1. The quantitative estimate of drug-likeness (QED) is 0.705. The van der Waals surface area contributed by atoms with E-state index >= 15 is 0 Å². The van der Waals surface area contributed by atoms with Gasteiger partial charge in [-0.2, -0.15) is 5.10 Å². The zero-order valence-corrected chi connectivity index (χ0v) is 15.5. The number of aliphatic carboxylic acids is 1. The van der Waals surface area contributed by atoms with Crippen LogP contribution in [0.2, 0.25) is 0 Å². The molecule has 1 aromatic heterocycles. The standard InChI is InChI=1S/C16H19F2N3O4S/c1-7-5-8(2)15(9(3)11(7)6-12(22)23)26(24,25)21-13-10(4)19-20-14(13)16(17)18/h5,16,21H,6H2,1-4H3,(H,19,20)(H,22,23). The first-order valence-electron chi connectivity index (χ1n) is 7.63. The Kier molecular flexibility index (Phi) is 5.36. The average molecular weight is 387 g/mol. The number of anilines is 1. The van der Waals surface area contributed by atoms with E-state index in [4.69, 9.17) is 5.11 Å². The van der Waals surface area contributed by atoms with Crippen molar-refractivity contribution in [2.45, 2.75) is 45.4 Å². The van der Waals surface area contributed by atoms with Crippen molar-refractivity contribution in [3.63, 3.8) is 0 Å². The lowest BCUT2D eigenvalue weighted by Gasteiger charge is -2.18. The van der Waals surface area contributed by atoms with Gasteiger partial charge >= 0.3 is 5.97 Å². The third-order valence-corrected chi connectivity index (χ3v) is 5.71. The van der Waals surface area contributed by atoms with Crippen molar-refractivity contribution >= 4 is 21.7 Å². The number of nitrogens with zero attached hydrogens (tertiary/aromatic N) is 1. The molecular formula is C16H19F2N3O4S. The fraction of sp³-hybridized carbons (Fsp3) is 0.375. The number of aryl methyl sites for hydroxylation is 3. The summed E-state index contributed by atoms with van der Waals surface area (Å²) in [6, 6.07) is 1.57. The number of H-pyrrole nitrogens is 1. The van der Waals surface area contributed by atoms with Gasteiger partial charge in [-0.25, -0.2) is 17.2 Å². The number of benzene rings is 1. The minimum atomic E-state index is -4.23. The van der Waals surface area contributed by atoms with Crippen LogP contribution in [-0.4, -0.2) is 29.7 Å². The Hall–Kier alpha value is -2.49. The highest BCUT2D eigenvalue weighted by atomic mass is 32.2. The van der Waals surface area contributed by atoms with E-state index in [9.17, 15) is 22.0 Å². The van der Waals surface area contributed by atoms with Crippen LogP contribution < -0.4 is 4.72 Å². The Morgan fingerprint density at radius 3 is 2.42 bits per heavy atom. The van der Waals surface area contributed by atoms with Crippen molar-refractivity contribution < 1.29 is 27.1 Å². The first-order valence-corrected chi connectivity index (χ1v) is 9.11. The lowest BCUT2D eigenvalue weighted by Crippen LogP contribution is -2.19. The number of rotatable bonds is 6. The van der Waals surface area contributed by atoms with Crippen LogP contribution >= 0.6 is 0 Å². The molecule has 0 aliphatic carbocycles. The van der Waals surface area contributed by atoms with Crippen LogP contribution in [-0.2, 0) is 21.2 Å². The Morgan fingerprint density at radius 2 is 1.88 bits per heavy atom. The summed E-state index contributed by atoms with van der Waals surface area (Å²) in [7, 11) is -4.23. The third kappa shape index (κ3) is 3.69. The van der Waals surface area contributed by atoms with E-state index in [0.717, 1.165) is 0 Å². The van der Waals surface area contributed by atoms with E-state index < -0.39 is 28.1 Å². The van der Waals surface area contributed by atoms with E-state index in [2.05, 4.69) is 14.9 Å². The summed E-state index contributed by atoms with van der Waals surface area (Å²) in [4.78, 5) is 11.0. The van der Waals surface area contributed by atoms with Gasteiger partial charge in [-0.15, -0.1) is 0 Å². The van der Waals surface area contributed by atoms with Crippen LogP contribution in [0.3, 0.4) is 0 Å². The molecule has 0 spiro atoms. The molecule has 0 saturated heterocycles. The monoisotopic (exact) mass is 387 g/mol. The summed E-state index contributed by atoms with van der Waals surface area (Å²) in [5.41, 5.74) is 0.838. The largest absolute Gasteiger partial charge is 0.481 e. The number of sulfonamides is 1. The second-order valence-corrected chi connectivity index (χ2v) is 7.65. The molecule has 3 N–H and O–H groups in total. The van der Waals surface area contributed by atoms with Gasteiger partial charge in [0.15, 0.2) is 5.69 Å². The molecule has 0 fully saturated rings. The normalized spacial score (nSPS) is 11.8. The topological polar surface area (TPSA) is 112 Å². The second kappa shape index (κ2) is 7.02. The Labute approximate surface area is 149 Å². The predicted octanol–water partition coefficient (Wildman–Crippen LogP) is 3.01. The minimum absolute atomic E-state index is 0.125. The van der Waals surface area contributed by atoms with Crippen molar-refractivity contribution in [3.8, 4) is 0 Å². The number of carbonyl (C=O) groups is 1. The number of carboxylic acid groups (broad SMARTS) is 1. The summed E-state index contributed by atoms with van der Waals surface area (Å²) in [5.74, 6) is -1.10. The average Bonchev–Trinajstić information content (AvgIpc) is 2.83. The van der Waals surface area contributed by atoms with E-state index in [1.54, 1.807) is 19.9 Å². The van der Waals surface area contributed by atoms with Gasteiger partial charge in [0.05, 0.1) is 22.7 Å². The molecule has 10 heteroatoms. The number of hydrogen-bond acceptors (Lipinski definition) is 4. The van der Waals surface area contributed by atoms with E-state index in [0.29, 0.717) is 16.7 Å². The van der Waals surface area contributed by atoms with Crippen molar-refractivity contribution in [1.82, 2.24) is 10.2 Å². The molecule has 1 aromatic carbocycles. The van der Waals surface area contributed by atoms with Crippen molar-refractivity contribution in [2.24, 2.45) is 0 Å². The molecule has 0 amide bonds. The highest BCUT2D eigenvalue weighted by Crippen LogP contribution is 2.32. The number of halogens is 2. The van der Waals surface area contributed by atoms with Gasteiger partial charge in [0, 0.05) is 0 Å². The molecule has 0 saturated carbocycles. The van der Waals surface area contributed by atoms with Gasteiger partial charge in [-0.3, -0.25) is 14.6 Å². The summed E-state index contributed by atoms with van der Waals surface area (Å²) >= 11 is 0. The molecule has 0 unspecified atom stereocenters. The third-order valence-electron chi connectivity index (χ3n) is 4.08. The van der Waals surface area contributed by atoms with E-state index in [-0.39, 0.29) is 28.3 Å². The number of hydrogen-bond donors (Lipinski definition) is 3. The van der Waals surface area contributed by atoms with Crippen LogP contribution in [0, 0.1) is 27.7 Å². The summed E-state index contributed by atoms with van der Waals surface area (Å²) in [5, 5.41) is 14.8. The Morgan fingerprint density at radius 1 is 1.27 bits per heavy atom. The fourth-order valence-electron chi connectivity index (χ4n) is 2.96. The molecule has 1 heterocycles. The molecule has 0 radical (unpaired) electrons. The van der Waals surface area contributed by atoms with E-state index in [1.807, 2.05) is 0 Å². The molecule has 0 aliphatic rings. The van der Waals surface area contributed by atoms with Crippen LogP contribution in [0.4, 0.5) is 14.5 Å². The number of nitrogens with one attached hydrogen (secondary N) is 2. The van der Waals surface area contributed by atoms with Gasteiger partial charge in [-0.05, 0) is 49.9 Å². The molecular weight excluding hydrogens is 368 g/mol. The fourth-order valence-corrected chi connectivity index (χ4v) is 4.60. The highest BCUT2D eigenvalue weighted by molar-refractivity contribution is 7.92. The Bertz CT molecular complexity index is 968. The summed E-state index contributed by atoms with van der Waals surface area (Å²) in [6.45, 7) is 6.18. The molecule has 2 rings (SSSR count). The molecule has 0 aliphatic heterocycles. The first-order chi connectivity index (χ1) is 12.0. The van der Waals surface area contributed by atoms with Crippen LogP contribution in [0.25, 0.3) is 0 Å². The maximum absolute atomic E-state index is 13.1. The summed E-state index contributed by atoms with van der Waals surface area (Å²) in [6.07, 6.45) is -3.30. The minimum Gasteiger partial charge on any atom is -0.481 e. The van der Waals surface area contributed by atoms with Crippen LogP contribution in [0.15, 0.2) is 11.0 Å². The second-order valence-electron chi connectivity index (χ2n) is 6.03. The summed E-state index contributed by atoms with van der Waals surface area (Å²) < 4.78 is 54.0. The predicted molar refractivity (Wildman–Crippen MR) is 91.1 cm³/mol. The molecule has 142 valence electrons. The maximum Gasteiger partial charge on any atom is 0.307 e. The molecule has 0 atom stereocenters. The smallest absolute Gasteiger partial charge is 0.307 e. The van der Waals surface area contributed by atoms with Gasteiger partial charge in [0.1, 0.15) is 0 Å². The Balaban J connectivity index is 2.60.